The number of anilines is 1. The van der Waals surface area contributed by atoms with Crippen molar-refractivity contribution in [3.05, 3.63) is 41.5 Å². The lowest BCUT2D eigenvalue weighted by Crippen LogP contribution is -2.27. The van der Waals surface area contributed by atoms with Gasteiger partial charge in [-0.25, -0.2) is 9.97 Å². The first kappa shape index (κ1) is 21.2. The second-order valence-corrected chi connectivity index (χ2v) is 7.72. The lowest BCUT2D eigenvalue weighted by Gasteiger charge is -2.09. The Morgan fingerprint density at radius 2 is 2.00 bits per heavy atom. The highest BCUT2D eigenvalue weighted by Gasteiger charge is 2.16. The molecule has 0 aliphatic heterocycles. The van der Waals surface area contributed by atoms with Crippen molar-refractivity contribution < 1.29 is 14.6 Å². The van der Waals surface area contributed by atoms with Crippen LogP contribution in [0.3, 0.4) is 0 Å². The van der Waals surface area contributed by atoms with Crippen molar-refractivity contribution in [2.75, 3.05) is 38.2 Å². The Labute approximate surface area is 174 Å². The molecule has 2 heterocycles. The van der Waals surface area contributed by atoms with Crippen molar-refractivity contribution in [2.24, 2.45) is 0 Å². The van der Waals surface area contributed by atoms with Crippen LogP contribution in [0.15, 0.2) is 36.7 Å². The maximum absolute atomic E-state index is 11.9. The Balaban J connectivity index is 1.58. The van der Waals surface area contributed by atoms with E-state index in [0.717, 1.165) is 27.2 Å². The lowest BCUT2D eigenvalue weighted by atomic mass is 10.0. The molecule has 3 rings (SSSR count). The number of ether oxygens (including phenoxy) is 1. The van der Waals surface area contributed by atoms with Crippen LogP contribution >= 0.6 is 11.3 Å². The van der Waals surface area contributed by atoms with Gasteiger partial charge in [0.05, 0.1) is 25.2 Å². The second-order valence-electron chi connectivity index (χ2n) is 6.52. The summed E-state index contributed by atoms with van der Waals surface area (Å²) in [6.07, 6.45) is 2.70. The number of carbonyl (C=O) groups is 1. The maximum atomic E-state index is 11.9. The summed E-state index contributed by atoms with van der Waals surface area (Å²) in [7, 11) is 0. The van der Waals surface area contributed by atoms with Crippen LogP contribution < -0.4 is 10.6 Å². The molecule has 0 bridgehead atoms. The summed E-state index contributed by atoms with van der Waals surface area (Å²) in [5, 5.41) is 15.8. The third kappa shape index (κ3) is 5.72. The fraction of sp³-hybridized carbons (Fsp3) is 0.381. The SMILES string of the molecule is Cc1sc2ncnc(NCCCC(=O)NCCOCCO)c2c1-c1ccccc1. The number of rotatable bonds is 11. The van der Waals surface area contributed by atoms with Gasteiger partial charge in [0.1, 0.15) is 17.0 Å². The van der Waals surface area contributed by atoms with Crippen LogP contribution in [0.2, 0.25) is 0 Å². The van der Waals surface area contributed by atoms with E-state index in [1.165, 1.54) is 4.88 Å². The van der Waals surface area contributed by atoms with Crippen molar-refractivity contribution in [2.45, 2.75) is 19.8 Å². The van der Waals surface area contributed by atoms with Gasteiger partial charge in [0, 0.05) is 30.0 Å². The summed E-state index contributed by atoms with van der Waals surface area (Å²) >= 11 is 1.66. The Morgan fingerprint density at radius 1 is 1.17 bits per heavy atom. The topological polar surface area (TPSA) is 96.4 Å². The van der Waals surface area contributed by atoms with Gasteiger partial charge >= 0.3 is 0 Å². The minimum atomic E-state index is -0.0106. The number of aliphatic hydroxyl groups is 1. The normalized spacial score (nSPS) is 11.0. The largest absolute Gasteiger partial charge is 0.394 e. The molecule has 0 aliphatic carbocycles. The fourth-order valence-electron chi connectivity index (χ4n) is 3.10. The highest BCUT2D eigenvalue weighted by Crippen LogP contribution is 2.40. The third-order valence-electron chi connectivity index (χ3n) is 4.40. The van der Waals surface area contributed by atoms with E-state index >= 15 is 0 Å². The number of nitrogens with zero attached hydrogens (tertiary/aromatic N) is 2. The number of amides is 1. The Kier molecular flexibility index (Phi) is 7.92. The number of aliphatic hydroxyl groups excluding tert-OH is 1. The zero-order valence-corrected chi connectivity index (χ0v) is 17.3. The summed E-state index contributed by atoms with van der Waals surface area (Å²) in [5.74, 6) is 0.791. The number of hydrogen-bond acceptors (Lipinski definition) is 7. The van der Waals surface area contributed by atoms with Gasteiger partial charge in [0.2, 0.25) is 5.91 Å². The summed E-state index contributed by atoms with van der Waals surface area (Å²) in [6, 6.07) is 10.3. The maximum Gasteiger partial charge on any atom is 0.220 e. The van der Waals surface area contributed by atoms with E-state index < -0.39 is 0 Å². The summed E-state index contributed by atoms with van der Waals surface area (Å²) in [5.41, 5.74) is 2.31. The van der Waals surface area contributed by atoms with Crippen molar-refractivity contribution in [3.8, 4) is 11.1 Å². The molecular formula is C21H26N4O3S. The summed E-state index contributed by atoms with van der Waals surface area (Å²) in [6.45, 7) is 3.89. The van der Waals surface area contributed by atoms with Gasteiger partial charge in [-0.2, -0.15) is 0 Å². The highest BCUT2D eigenvalue weighted by molar-refractivity contribution is 7.19. The summed E-state index contributed by atoms with van der Waals surface area (Å²) < 4.78 is 5.12. The van der Waals surface area contributed by atoms with Gasteiger partial charge in [-0.05, 0) is 18.9 Å². The molecule has 1 amide bonds. The van der Waals surface area contributed by atoms with Crippen LogP contribution in [0.1, 0.15) is 17.7 Å². The summed E-state index contributed by atoms with van der Waals surface area (Å²) in [4.78, 5) is 22.9. The molecule has 3 N–H and O–H groups in total. The number of aromatic nitrogens is 2. The molecular weight excluding hydrogens is 388 g/mol. The molecule has 1 aromatic carbocycles. The number of benzene rings is 1. The zero-order valence-electron chi connectivity index (χ0n) is 16.5. The van der Waals surface area contributed by atoms with E-state index in [9.17, 15) is 4.79 Å². The van der Waals surface area contributed by atoms with E-state index in [-0.39, 0.29) is 12.5 Å². The molecule has 0 radical (unpaired) electrons. The molecule has 8 heteroatoms. The molecule has 0 atom stereocenters. The Hall–Kier alpha value is -2.55. The van der Waals surface area contributed by atoms with Crippen LogP contribution in [0, 0.1) is 6.92 Å². The van der Waals surface area contributed by atoms with Crippen LogP contribution in [0.25, 0.3) is 21.3 Å². The average molecular weight is 415 g/mol. The van der Waals surface area contributed by atoms with E-state index in [4.69, 9.17) is 9.84 Å². The smallest absolute Gasteiger partial charge is 0.220 e. The monoisotopic (exact) mass is 414 g/mol. The standard InChI is InChI=1S/C21H26N4O3S/c1-15-18(16-6-3-2-4-7-16)19-20(24-14-25-21(19)29-15)23-9-5-8-17(27)22-10-12-28-13-11-26/h2-4,6-7,14,26H,5,8-13H2,1H3,(H,22,27)(H,23,24,25). The van der Waals surface area contributed by atoms with E-state index in [0.29, 0.717) is 39.1 Å². The minimum absolute atomic E-state index is 0.00837. The first-order valence-electron chi connectivity index (χ1n) is 9.69. The van der Waals surface area contributed by atoms with Crippen molar-refractivity contribution in [1.82, 2.24) is 15.3 Å². The van der Waals surface area contributed by atoms with Gasteiger partial charge in [0.15, 0.2) is 0 Å². The predicted octanol–water partition coefficient (Wildman–Crippen LogP) is 2.98. The quantitative estimate of drug-likeness (QED) is 0.418. The molecule has 0 unspecified atom stereocenters. The predicted molar refractivity (Wildman–Crippen MR) is 116 cm³/mol. The molecule has 0 fully saturated rings. The van der Waals surface area contributed by atoms with Crippen LogP contribution in [0.4, 0.5) is 5.82 Å². The third-order valence-corrected chi connectivity index (χ3v) is 5.42. The Morgan fingerprint density at radius 3 is 2.79 bits per heavy atom. The average Bonchev–Trinajstić information content (AvgIpc) is 3.08. The number of aryl methyl sites for hydroxylation is 1. The first-order valence-corrected chi connectivity index (χ1v) is 10.5. The number of carbonyl (C=O) groups excluding carboxylic acids is 1. The van der Waals surface area contributed by atoms with Gasteiger partial charge in [-0.15, -0.1) is 11.3 Å². The van der Waals surface area contributed by atoms with Crippen molar-refractivity contribution >= 4 is 33.3 Å². The molecule has 0 spiro atoms. The van der Waals surface area contributed by atoms with Crippen LogP contribution in [-0.2, 0) is 9.53 Å². The Bertz CT molecular complexity index is 930. The first-order chi connectivity index (χ1) is 14.2. The molecule has 2 aromatic heterocycles. The fourth-order valence-corrected chi connectivity index (χ4v) is 4.12. The number of hydrogen-bond donors (Lipinski definition) is 3. The number of fused-ring (bicyclic) bond motifs is 1. The lowest BCUT2D eigenvalue weighted by molar-refractivity contribution is -0.121. The van der Waals surface area contributed by atoms with E-state index in [1.807, 2.05) is 18.2 Å². The molecule has 0 saturated heterocycles. The van der Waals surface area contributed by atoms with Gasteiger partial charge in [-0.1, -0.05) is 30.3 Å². The number of nitrogens with one attached hydrogen (secondary N) is 2. The van der Waals surface area contributed by atoms with E-state index in [2.05, 4.69) is 39.7 Å². The zero-order chi connectivity index (χ0) is 20.5. The van der Waals surface area contributed by atoms with Crippen LogP contribution in [-0.4, -0.2) is 53.9 Å². The van der Waals surface area contributed by atoms with E-state index in [1.54, 1.807) is 17.7 Å². The molecule has 154 valence electrons. The minimum Gasteiger partial charge on any atom is -0.394 e. The van der Waals surface area contributed by atoms with Crippen molar-refractivity contribution in [1.29, 1.82) is 0 Å². The molecule has 0 aliphatic rings. The molecule has 7 nitrogen and oxygen atoms in total. The molecule has 0 saturated carbocycles. The number of thiophene rings is 1. The van der Waals surface area contributed by atoms with Crippen LogP contribution in [0.5, 0.6) is 0 Å². The van der Waals surface area contributed by atoms with Crippen molar-refractivity contribution in [3.63, 3.8) is 0 Å². The second kappa shape index (κ2) is 10.8. The highest BCUT2D eigenvalue weighted by atomic mass is 32.1. The molecule has 3 aromatic rings. The van der Waals surface area contributed by atoms with Gasteiger partial charge in [-0.3, -0.25) is 4.79 Å². The van der Waals surface area contributed by atoms with Gasteiger partial charge < -0.3 is 20.5 Å². The molecule has 29 heavy (non-hydrogen) atoms. The van der Waals surface area contributed by atoms with Gasteiger partial charge in [0.25, 0.3) is 0 Å².